The van der Waals surface area contributed by atoms with Crippen molar-refractivity contribution in [2.45, 2.75) is 12.5 Å². The molecule has 0 saturated carbocycles. The van der Waals surface area contributed by atoms with Crippen LogP contribution in [0.5, 0.6) is 0 Å². The summed E-state index contributed by atoms with van der Waals surface area (Å²) in [6.07, 6.45) is 9.25. The predicted octanol–water partition coefficient (Wildman–Crippen LogP) is 4.50. The van der Waals surface area contributed by atoms with Crippen molar-refractivity contribution in [3.63, 3.8) is 0 Å². The van der Waals surface area contributed by atoms with Crippen molar-refractivity contribution in [2.24, 2.45) is 7.05 Å². The Hall–Kier alpha value is -4.37. The molecule has 0 aliphatic carbocycles. The van der Waals surface area contributed by atoms with Gasteiger partial charge < -0.3 is 20.1 Å². The molecule has 1 fully saturated rings. The molecule has 1 amide bonds. The van der Waals surface area contributed by atoms with Crippen LogP contribution in [-0.4, -0.2) is 56.5 Å². The first kappa shape index (κ1) is 23.1. The van der Waals surface area contributed by atoms with E-state index >= 15 is 4.39 Å². The van der Waals surface area contributed by atoms with E-state index in [9.17, 15) is 4.79 Å². The summed E-state index contributed by atoms with van der Waals surface area (Å²) in [6.45, 7) is 1.79. The number of likely N-dealkylation sites (N-methyl/N-ethyl adjacent to an activating group) is 1. The van der Waals surface area contributed by atoms with Gasteiger partial charge in [-0.2, -0.15) is 0 Å². The lowest BCUT2D eigenvalue weighted by Crippen LogP contribution is -2.36. The van der Waals surface area contributed by atoms with Crippen LogP contribution in [0.15, 0.2) is 67.4 Å². The summed E-state index contributed by atoms with van der Waals surface area (Å²) in [4.78, 5) is 28.6. The molecule has 186 valence electrons. The number of hydrogen-bond acceptors (Lipinski definition) is 6. The van der Waals surface area contributed by atoms with Gasteiger partial charge in [-0.15, -0.1) is 0 Å². The van der Waals surface area contributed by atoms with Crippen LogP contribution in [0.4, 0.5) is 15.8 Å². The van der Waals surface area contributed by atoms with Crippen LogP contribution >= 0.6 is 0 Å². The molecule has 1 atom stereocenters. The fourth-order valence-corrected chi connectivity index (χ4v) is 5.01. The predicted molar refractivity (Wildman–Crippen MR) is 142 cm³/mol. The molecular weight excluding hydrogens is 469 g/mol. The maximum atomic E-state index is 15.0. The SMILES string of the molecule is CN1CCC(NC(=O)c2ccncc2Nc2cc(-c3cc(F)c4ccn(C)c4c3)c3nccnc3c2)C1. The number of amides is 1. The molecule has 8 nitrogen and oxygen atoms in total. The number of aryl methyl sites for hydroxylation is 1. The van der Waals surface area contributed by atoms with Gasteiger partial charge in [0.1, 0.15) is 5.82 Å². The van der Waals surface area contributed by atoms with Crippen LogP contribution in [-0.2, 0) is 7.05 Å². The molecule has 0 radical (unpaired) electrons. The molecule has 1 aliphatic rings. The van der Waals surface area contributed by atoms with Crippen molar-refractivity contribution in [3.05, 3.63) is 78.8 Å². The van der Waals surface area contributed by atoms with Gasteiger partial charge in [0.05, 0.1) is 34.0 Å². The Morgan fingerprint density at radius 1 is 1.08 bits per heavy atom. The Labute approximate surface area is 213 Å². The van der Waals surface area contributed by atoms with E-state index < -0.39 is 0 Å². The molecule has 2 aromatic carbocycles. The average molecular weight is 496 g/mol. The van der Waals surface area contributed by atoms with E-state index in [4.69, 9.17) is 0 Å². The number of anilines is 2. The Balaban J connectivity index is 1.40. The van der Waals surface area contributed by atoms with Gasteiger partial charge in [0, 0.05) is 61.1 Å². The van der Waals surface area contributed by atoms with Gasteiger partial charge in [0.15, 0.2) is 0 Å². The quantitative estimate of drug-likeness (QED) is 0.373. The van der Waals surface area contributed by atoms with E-state index in [-0.39, 0.29) is 17.8 Å². The summed E-state index contributed by atoms with van der Waals surface area (Å²) >= 11 is 0. The molecule has 6 rings (SSSR count). The standard InChI is InChI=1S/C28H26FN7O/c1-35-9-4-18(16-35)34-28(37)21-3-6-30-15-25(21)33-19-13-22(27-24(14-19)31-7-8-32-27)17-11-23(29)20-5-10-36(2)26(20)12-17/h3,5-8,10-15,18,33H,4,9,16H2,1-2H3,(H,34,37). The second kappa shape index (κ2) is 9.25. The maximum absolute atomic E-state index is 15.0. The molecule has 1 unspecified atom stereocenters. The second-order valence-electron chi connectivity index (χ2n) is 9.53. The maximum Gasteiger partial charge on any atom is 0.253 e. The van der Waals surface area contributed by atoms with Crippen molar-refractivity contribution >= 4 is 39.2 Å². The number of benzene rings is 2. The Morgan fingerprint density at radius 2 is 1.95 bits per heavy atom. The first-order valence-electron chi connectivity index (χ1n) is 12.2. The third-order valence-electron chi connectivity index (χ3n) is 6.91. The number of carbonyl (C=O) groups is 1. The molecule has 9 heteroatoms. The van der Waals surface area contributed by atoms with Gasteiger partial charge in [-0.1, -0.05) is 0 Å². The van der Waals surface area contributed by atoms with E-state index in [1.165, 1.54) is 6.07 Å². The highest BCUT2D eigenvalue weighted by atomic mass is 19.1. The highest BCUT2D eigenvalue weighted by Crippen LogP contribution is 2.34. The van der Waals surface area contributed by atoms with Crippen LogP contribution in [0.2, 0.25) is 0 Å². The molecule has 37 heavy (non-hydrogen) atoms. The topological polar surface area (TPSA) is 88.0 Å². The normalized spacial score (nSPS) is 15.9. The molecule has 1 aliphatic heterocycles. The van der Waals surface area contributed by atoms with E-state index in [0.717, 1.165) is 30.6 Å². The molecule has 4 heterocycles. The number of aromatic nitrogens is 4. The second-order valence-corrected chi connectivity index (χ2v) is 9.53. The van der Waals surface area contributed by atoms with Gasteiger partial charge >= 0.3 is 0 Å². The van der Waals surface area contributed by atoms with Gasteiger partial charge in [-0.25, -0.2) is 4.39 Å². The number of fused-ring (bicyclic) bond motifs is 2. The van der Waals surface area contributed by atoms with Crippen LogP contribution in [0.1, 0.15) is 16.8 Å². The monoisotopic (exact) mass is 495 g/mol. The van der Waals surface area contributed by atoms with Crippen molar-refractivity contribution in [3.8, 4) is 11.1 Å². The third-order valence-corrected chi connectivity index (χ3v) is 6.91. The highest BCUT2D eigenvalue weighted by Gasteiger charge is 2.23. The molecule has 5 aromatic rings. The Kier molecular flexibility index (Phi) is 5.77. The molecule has 3 aromatic heterocycles. The minimum Gasteiger partial charge on any atom is -0.354 e. The number of carbonyl (C=O) groups excluding carboxylic acids is 1. The minimum atomic E-state index is -0.299. The lowest BCUT2D eigenvalue weighted by Gasteiger charge is -2.16. The van der Waals surface area contributed by atoms with Crippen molar-refractivity contribution in [1.82, 2.24) is 29.7 Å². The van der Waals surface area contributed by atoms with Gasteiger partial charge in [0.2, 0.25) is 0 Å². The van der Waals surface area contributed by atoms with Gasteiger partial charge in [-0.05, 0) is 62.0 Å². The summed E-state index contributed by atoms with van der Waals surface area (Å²) in [5.74, 6) is -0.450. The summed E-state index contributed by atoms with van der Waals surface area (Å²) in [7, 11) is 3.94. The number of nitrogens with zero attached hydrogens (tertiary/aromatic N) is 5. The lowest BCUT2D eigenvalue weighted by atomic mass is 10.0. The van der Waals surface area contributed by atoms with E-state index in [0.29, 0.717) is 38.9 Å². The average Bonchev–Trinajstić information content (AvgIpc) is 3.48. The largest absolute Gasteiger partial charge is 0.354 e. The number of hydrogen-bond donors (Lipinski definition) is 2. The molecule has 0 bridgehead atoms. The van der Waals surface area contributed by atoms with Crippen molar-refractivity contribution in [1.29, 1.82) is 0 Å². The molecular formula is C28H26FN7O. The smallest absolute Gasteiger partial charge is 0.253 e. The summed E-state index contributed by atoms with van der Waals surface area (Å²) in [5.41, 5.74) is 5.29. The first-order valence-corrected chi connectivity index (χ1v) is 12.2. The fourth-order valence-electron chi connectivity index (χ4n) is 5.01. The first-order chi connectivity index (χ1) is 18.0. The zero-order valence-electron chi connectivity index (χ0n) is 20.6. The van der Waals surface area contributed by atoms with Crippen molar-refractivity contribution in [2.75, 3.05) is 25.5 Å². The van der Waals surface area contributed by atoms with Crippen LogP contribution in [0, 0.1) is 5.82 Å². The molecule has 2 N–H and O–H groups in total. The van der Waals surface area contributed by atoms with Gasteiger partial charge in [-0.3, -0.25) is 19.7 Å². The summed E-state index contributed by atoms with van der Waals surface area (Å²) in [5, 5.41) is 7.04. The fraction of sp³-hybridized carbons (Fsp3) is 0.214. The van der Waals surface area contributed by atoms with E-state index in [1.54, 1.807) is 36.9 Å². The number of nitrogens with one attached hydrogen (secondary N) is 2. The van der Waals surface area contributed by atoms with Crippen LogP contribution in [0.25, 0.3) is 33.1 Å². The molecule has 0 spiro atoms. The van der Waals surface area contributed by atoms with E-state index in [1.807, 2.05) is 43.1 Å². The Morgan fingerprint density at radius 3 is 2.78 bits per heavy atom. The number of halogens is 1. The highest BCUT2D eigenvalue weighted by molar-refractivity contribution is 6.01. The zero-order chi connectivity index (χ0) is 25.5. The minimum absolute atomic E-state index is 0.114. The van der Waals surface area contributed by atoms with Gasteiger partial charge in [0.25, 0.3) is 5.91 Å². The zero-order valence-corrected chi connectivity index (χ0v) is 20.6. The summed E-state index contributed by atoms with van der Waals surface area (Å²) in [6, 6.07) is 10.8. The van der Waals surface area contributed by atoms with Crippen molar-refractivity contribution < 1.29 is 9.18 Å². The third kappa shape index (κ3) is 4.38. The molecule has 1 saturated heterocycles. The van der Waals surface area contributed by atoms with Crippen LogP contribution < -0.4 is 10.6 Å². The number of likely N-dealkylation sites (tertiary alicyclic amines) is 1. The number of pyridine rings is 1. The Bertz CT molecular complexity index is 1650. The number of rotatable bonds is 5. The van der Waals surface area contributed by atoms with E-state index in [2.05, 4.69) is 30.5 Å². The summed E-state index contributed by atoms with van der Waals surface area (Å²) < 4.78 is 16.9. The lowest BCUT2D eigenvalue weighted by molar-refractivity contribution is 0.0939. The van der Waals surface area contributed by atoms with Crippen LogP contribution in [0.3, 0.4) is 0 Å².